The fourth-order valence-corrected chi connectivity index (χ4v) is 8.17. The van der Waals surface area contributed by atoms with Crippen LogP contribution in [-0.2, 0) is 18.3 Å². The van der Waals surface area contributed by atoms with E-state index in [9.17, 15) is 9.18 Å². The largest absolute Gasteiger partial charge is 0.449 e. The van der Waals surface area contributed by atoms with Gasteiger partial charge in [0.2, 0.25) is 0 Å². The molecule has 2 aromatic rings. The molecule has 1 aliphatic rings. The average molecular weight is 762 g/mol. The summed E-state index contributed by atoms with van der Waals surface area (Å²) in [5, 5.41) is 2.46. The van der Waals surface area contributed by atoms with Crippen LogP contribution in [-0.4, -0.2) is 67.2 Å². The van der Waals surface area contributed by atoms with Crippen molar-refractivity contribution in [1.29, 1.82) is 0 Å². The van der Waals surface area contributed by atoms with Gasteiger partial charge < -0.3 is 18.3 Å². The first-order valence-corrected chi connectivity index (χ1v) is 25.4. The highest BCUT2D eigenvalue weighted by molar-refractivity contribution is 6.74. The van der Waals surface area contributed by atoms with Gasteiger partial charge in [-0.05, 0) is 42.7 Å². The number of amides is 1. The predicted octanol–water partition coefficient (Wildman–Crippen LogP) is 10.9. The van der Waals surface area contributed by atoms with Gasteiger partial charge in [-0.25, -0.2) is 9.78 Å². The zero-order chi connectivity index (χ0) is 38.8. The molecule has 52 heavy (non-hydrogen) atoms. The number of unbranched alkanes of at least 4 members (excludes halogenated alkanes) is 11. The molecule has 2 aromatic heterocycles. The number of terminal acetylenes is 1. The molecular formula is C39H68FN5O5Si2. The molecule has 0 bridgehead atoms. The molecule has 0 saturated carbocycles. The lowest BCUT2D eigenvalue weighted by molar-refractivity contribution is -0.0838. The minimum absolute atomic E-state index is 0.0389. The van der Waals surface area contributed by atoms with Crippen LogP contribution in [0.1, 0.15) is 138 Å². The molecule has 10 nitrogen and oxygen atoms in total. The number of imidazole rings is 1. The second-order valence-electron chi connectivity index (χ2n) is 17.6. The lowest BCUT2D eigenvalue weighted by atomic mass is 9.99. The molecule has 1 amide bonds. The lowest BCUT2D eigenvalue weighted by Gasteiger charge is -2.43. The number of ether oxygens (including phenoxy) is 2. The molecular weight excluding hydrogens is 694 g/mol. The van der Waals surface area contributed by atoms with Crippen LogP contribution in [0.25, 0.3) is 11.2 Å². The zero-order valence-electron chi connectivity index (χ0n) is 34.1. The van der Waals surface area contributed by atoms with E-state index in [0.29, 0.717) is 6.42 Å². The molecule has 3 heterocycles. The molecule has 0 radical (unpaired) electrons. The summed E-state index contributed by atoms with van der Waals surface area (Å²) in [6, 6.07) is 0. The molecule has 0 aliphatic carbocycles. The van der Waals surface area contributed by atoms with Gasteiger partial charge in [-0.1, -0.05) is 125 Å². The first kappa shape index (κ1) is 44.0. The number of nitrogens with one attached hydrogen (secondary N) is 1. The molecule has 13 heteroatoms. The van der Waals surface area contributed by atoms with Gasteiger partial charge in [0, 0.05) is 6.42 Å². The van der Waals surface area contributed by atoms with E-state index < -0.39 is 46.7 Å². The number of hydrogen-bond donors (Lipinski definition) is 1. The second-order valence-corrected chi connectivity index (χ2v) is 27.1. The minimum Gasteiger partial charge on any atom is -0.449 e. The Kier molecular flexibility index (Phi) is 15.9. The quantitative estimate of drug-likeness (QED) is 0.0615. The number of hydrogen-bond acceptors (Lipinski definition) is 8. The van der Waals surface area contributed by atoms with Gasteiger partial charge >= 0.3 is 12.2 Å². The van der Waals surface area contributed by atoms with E-state index in [-0.39, 0.29) is 40.3 Å². The molecule has 3 rings (SSSR count). The summed E-state index contributed by atoms with van der Waals surface area (Å²) in [5.41, 5.74) is -0.820. The third kappa shape index (κ3) is 11.8. The Bertz CT molecular complexity index is 1480. The highest BCUT2D eigenvalue weighted by Crippen LogP contribution is 2.46. The van der Waals surface area contributed by atoms with Gasteiger partial charge in [-0.2, -0.15) is 14.4 Å². The second kappa shape index (κ2) is 18.8. The molecule has 1 aliphatic heterocycles. The SMILES string of the molecule is C#C[C@]1(CO[Si](C)(C)C(C)(C)C)O[C@@H](n2cnc3c(NC(=O)OCCCCCCCCCCCCCC)nc(F)nc32)CC1O[Si](C)(C)C(C)(C)C. The highest BCUT2D eigenvalue weighted by atomic mass is 28.4. The molecule has 0 spiro atoms. The van der Waals surface area contributed by atoms with Crippen LogP contribution in [0.3, 0.4) is 0 Å². The smallest absolute Gasteiger partial charge is 0.412 e. The number of nitrogens with zero attached hydrogens (tertiary/aromatic N) is 4. The van der Waals surface area contributed by atoms with Crippen molar-refractivity contribution in [2.45, 2.75) is 186 Å². The summed E-state index contributed by atoms with van der Waals surface area (Å²) < 4.78 is 42.3. The van der Waals surface area contributed by atoms with Crippen LogP contribution in [0.5, 0.6) is 0 Å². The van der Waals surface area contributed by atoms with Crippen molar-refractivity contribution in [1.82, 2.24) is 19.5 Å². The molecule has 1 fully saturated rings. The van der Waals surface area contributed by atoms with Crippen LogP contribution >= 0.6 is 0 Å². The highest BCUT2D eigenvalue weighted by Gasteiger charge is 2.54. The predicted molar refractivity (Wildman–Crippen MR) is 213 cm³/mol. The van der Waals surface area contributed by atoms with Gasteiger partial charge in [-0.15, -0.1) is 6.42 Å². The van der Waals surface area contributed by atoms with Crippen molar-refractivity contribution >= 4 is 39.7 Å². The average Bonchev–Trinajstić information content (AvgIpc) is 3.62. The normalized spacial score (nSPS) is 20.0. The topological polar surface area (TPSA) is 110 Å². The Morgan fingerprint density at radius 1 is 0.962 bits per heavy atom. The Balaban J connectivity index is 1.67. The number of fused-ring (bicyclic) bond motifs is 1. The molecule has 1 saturated heterocycles. The van der Waals surface area contributed by atoms with E-state index in [1.165, 1.54) is 64.1 Å². The number of halogens is 1. The number of aromatic nitrogens is 4. The number of anilines is 1. The van der Waals surface area contributed by atoms with Gasteiger partial charge in [0.15, 0.2) is 39.2 Å². The zero-order valence-corrected chi connectivity index (χ0v) is 36.1. The van der Waals surface area contributed by atoms with Crippen molar-refractivity contribution in [3.63, 3.8) is 0 Å². The van der Waals surface area contributed by atoms with Crippen molar-refractivity contribution in [3.8, 4) is 12.3 Å². The van der Waals surface area contributed by atoms with Crippen LogP contribution in [0.2, 0.25) is 36.3 Å². The lowest BCUT2D eigenvalue weighted by Crippen LogP contribution is -2.54. The van der Waals surface area contributed by atoms with Gasteiger partial charge in [0.25, 0.3) is 0 Å². The molecule has 294 valence electrons. The summed E-state index contributed by atoms with van der Waals surface area (Å²) in [5.74, 6) is 2.85. The molecule has 1 unspecified atom stereocenters. The first-order chi connectivity index (χ1) is 24.3. The van der Waals surface area contributed by atoms with Gasteiger partial charge in [0.05, 0.1) is 25.6 Å². The van der Waals surface area contributed by atoms with Crippen molar-refractivity contribution in [2.24, 2.45) is 0 Å². The molecule has 0 aromatic carbocycles. The van der Waals surface area contributed by atoms with Crippen LogP contribution < -0.4 is 5.32 Å². The van der Waals surface area contributed by atoms with Crippen molar-refractivity contribution in [2.75, 3.05) is 18.5 Å². The summed E-state index contributed by atoms with van der Waals surface area (Å²) in [6.07, 6.45) is 19.9. The monoisotopic (exact) mass is 761 g/mol. The Morgan fingerprint density at radius 3 is 2.06 bits per heavy atom. The Labute approximate surface area is 315 Å². The van der Waals surface area contributed by atoms with E-state index in [1.54, 1.807) is 4.57 Å². The van der Waals surface area contributed by atoms with Crippen molar-refractivity contribution in [3.05, 3.63) is 12.4 Å². The molecule has 3 atom stereocenters. The number of carbonyl (C=O) groups excluding carboxylic acids is 1. The van der Waals surface area contributed by atoms with E-state index >= 15 is 0 Å². The maximum Gasteiger partial charge on any atom is 0.412 e. The minimum atomic E-state index is -2.31. The van der Waals surface area contributed by atoms with Gasteiger partial charge in [0.1, 0.15) is 6.23 Å². The van der Waals surface area contributed by atoms with E-state index in [4.69, 9.17) is 24.7 Å². The number of rotatable bonds is 20. The summed E-state index contributed by atoms with van der Waals surface area (Å²) in [4.78, 5) is 25.1. The standard InChI is InChI=1S/C39H68FN5O5Si2/c1-13-15-16-17-18-19-20-21-22-23-24-25-26-47-36(46)43-33-32-34(44-35(40)42-33)45(29-41-32)31-27-30(50-52(11,12)38(6,7)8)39(14-2,49-31)28-48-51(9,10)37(3,4)5/h2,29-31H,13,15-28H2,1,3-12H3,(H,42,43,44,46)/t30?,31-,39-/m1/s1. The Hall–Kier alpha value is -2.38. The van der Waals surface area contributed by atoms with Crippen LogP contribution in [0.4, 0.5) is 15.0 Å². The van der Waals surface area contributed by atoms with Gasteiger partial charge in [-0.3, -0.25) is 9.88 Å². The first-order valence-electron chi connectivity index (χ1n) is 19.6. The summed E-state index contributed by atoms with van der Waals surface area (Å²) in [6.45, 7) is 24.4. The maximum absolute atomic E-state index is 14.9. The van der Waals surface area contributed by atoms with Crippen molar-refractivity contribution < 1.29 is 27.5 Å². The van der Waals surface area contributed by atoms with Crippen LogP contribution in [0.15, 0.2) is 6.33 Å². The molecule has 1 N–H and O–H groups in total. The fourth-order valence-electron chi connectivity index (χ4n) is 5.81. The van der Waals surface area contributed by atoms with Crippen LogP contribution in [0, 0.1) is 18.4 Å². The third-order valence-corrected chi connectivity index (χ3v) is 20.3. The fraction of sp³-hybridized carbons (Fsp3) is 0.795. The summed E-state index contributed by atoms with van der Waals surface area (Å²) in [7, 11) is -4.53. The third-order valence-electron chi connectivity index (χ3n) is 11.4. The Morgan fingerprint density at radius 2 is 1.52 bits per heavy atom. The number of carbonyl (C=O) groups is 1. The van der Waals surface area contributed by atoms with E-state index in [1.807, 2.05) is 0 Å². The van der Waals surface area contributed by atoms with E-state index in [0.717, 1.165) is 19.3 Å². The summed E-state index contributed by atoms with van der Waals surface area (Å²) >= 11 is 0. The maximum atomic E-state index is 14.9. The van der Waals surface area contributed by atoms with E-state index in [2.05, 4.69) is 101 Å².